The second kappa shape index (κ2) is 6.86. The Morgan fingerprint density at radius 3 is 2.67 bits per heavy atom. The molecule has 1 aromatic carbocycles. The first kappa shape index (κ1) is 13.5. The fraction of sp³-hybridized carbons (Fsp3) is 0.286. The lowest BCUT2D eigenvalue weighted by molar-refractivity contribution is 0.188. The van der Waals surface area contributed by atoms with Gasteiger partial charge in [0.25, 0.3) is 0 Å². The minimum Gasteiger partial charge on any atom is -0.493 e. The molecule has 0 amide bonds. The Morgan fingerprint density at radius 2 is 1.94 bits per heavy atom. The minimum absolute atomic E-state index is 0.223. The summed E-state index contributed by atoms with van der Waals surface area (Å²) in [6.07, 6.45) is 6.93. The third-order valence-corrected chi connectivity index (χ3v) is 3.87. The fourth-order valence-corrected chi connectivity index (χ4v) is 2.46. The number of halogens is 2. The van der Waals surface area contributed by atoms with E-state index in [1.54, 1.807) is 12.1 Å². The van der Waals surface area contributed by atoms with Gasteiger partial charge in [-0.05, 0) is 64.3 Å². The van der Waals surface area contributed by atoms with Crippen LogP contribution in [0.5, 0.6) is 0 Å². The summed E-state index contributed by atoms with van der Waals surface area (Å²) in [6, 6.07) is 6.37. The van der Waals surface area contributed by atoms with Crippen molar-refractivity contribution in [1.82, 2.24) is 0 Å². The Labute approximate surface area is 115 Å². The lowest BCUT2D eigenvalue weighted by atomic mass is 10.2. The van der Waals surface area contributed by atoms with Crippen LogP contribution in [-0.2, 0) is 11.3 Å². The Hall–Kier alpha value is -0.930. The summed E-state index contributed by atoms with van der Waals surface area (Å²) in [6.45, 7) is 0.476. The van der Waals surface area contributed by atoms with Crippen LogP contribution in [0.15, 0.2) is 47.1 Å². The van der Waals surface area contributed by atoms with E-state index in [0.717, 1.165) is 35.5 Å². The normalized spacial score (nSPS) is 15.7. The molecule has 0 N–H and O–H groups in total. The maximum atomic E-state index is 12.7. The van der Waals surface area contributed by atoms with Crippen LogP contribution in [0.1, 0.15) is 24.8 Å². The van der Waals surface area contributed by atoms with Gasteiger partial charge in [0.1, 0.15) is 12.4 Å². The van der Waals surface area contributed by atoms with Crippen LogP contribution in [0, 0.1) is 5.82 Å². The Bertz CT molecular complexity index is 453. The molecule has 1 aliphatic rings. The van der Waals surface area contributed by atoms with E-state index >= 15 is 0 Å². The molecule has 0 fully saturated rings. The Morgan fingerprint density at radius 1 is 1.17 bits per heavy atom. The third kappa shape index (κ3) is 4.07. The third-order valence-electron chi connectivity index (χ3n) is 2.74. The quantitative estimate of drug-likeness (QED) is 0.753. The van der Waals surface area contributed by atoms with E-state index < -0.39 is 0 Å². The molecule has 0 radical (unpaired) electrons. The highest BCUT2D eigenvalue weighted by Gasteiger charge is 2.06. The van der Waals surface area contributed by atoms with Gasteiger partial charge < -0.3 is 4.74 Å². The molecular weight excluding hydrogens is 271 g/mol. The van der Waals surface area contributed by atoms with E-state index in [0.29, 0.717) is 6.61 Å². The monoisotopic (exact) mass is 284 g/mol. The molecule has 18 heavy (non-hydrogen) atoms. The summed E-state index contributed by atoms with van der Waals surface area (Å²) in [5.74, 6) is 0.735. The van der Waals surface area contributed by atoms with Crippen LogP contribution >= 0.6 is 21.7 Å². The van der Waals surface area contributed by atoms with Gasteiger partial charge in [0.15, 0.2) is 0 Å². The average molecular weight is 285 g/mol. The van der Waals surface area contributed by atoms with E-state index in [-0.39, 0.29) is 5.82 Å². The zero-order valence-corrected chi connectivity index (χ0v) is 11.4. The van der Waals surface area contributed by atoms with Crippen LogP contribution in [0.2, 0.25) is 0 Å². The van der Waals surface area contributed by atoms with Crippen molar-refractivity contribution in [2.24, 2.45) is 0 Å². The van der Waals surface area contributed by atoms with Gasteiger partial charge in [0.2, 0.25) is 0 Å². The van der Waals surface area contributed by atoms with Crippen LogP contribution in [0.3, 0.4) is 0 Å². The first-order valence-corrected chi connectivity index (χ1v) is 7.48. The lowest BCUT2D eigenvalue weighted by Gasteiger charge is -2.08. The topological polar surface area (TPSA) is 9.23 Å². The first-order valence-electron chi connectivity index (χ1n) is 5.83. The molecular formula is C14H14ClFOS. The molecule has 0 atom stereocenters. The molecule has 0 aromatic heterocycles. The molecule has 1 aromatic rings. The Kier molecular flexibility index (Phi) is 5.14. The number of hydrogen-bond acceptors (Lipinski definition) is 2. The van der Waals surface area contributed by atoms with Gasteiger partial charge in [-0.25, -0.2) is 4.39 Å². The molecule has 0 bridgehead atoms. The largest absolute Gasteiger partial charge is 0.493 e. The molecule has 1 nitrogen and oxygen atoms in total. The summed E-state index contributed by atoms with van der Waals surface area (Å²) < 4.78 is 18.5. The van der Waals surface area contributed by atoms with Crippen molar-refractivity contribution in [3.05, 3.63) is 58.5 Å². The molecule has 0 saturated carbocycles. The van der Waals surface area contributed by atoms with E-state index in [1.807, 2.05) is 12.2 Å². The predicted octanol–water partition coefficient (Wildman–Crippen LogP) is 5.18. The van der Waals surface area contributed by atoms with E-state index in [9.17, 15) is 4.39 Å². The molecule has 4 heteroatoms. The molecule has 0 spiro atoms. The average Bonchev–Trinajstić information content (AvgIpc) is 2.63. The van der Waals surface area contributed by atoms with E-state index in [2.05, 4.69) is 0 Å². The molecule has 0 heterocycles. The van der Waals surface area contributed by atoms with Gasteiger partial charge in [0, 0.05) is 11.3 Å². The van der Waals surface area contributed by atoms with Crippen molar-refractivity contribution in [1.29, 1.82) is 0 Å². The van der Waals surface area contributed by atoms with E-state index in [4.69, 9.17) is 15.4 Å². The summed E-state index contributed by atoms with van der Waals surface area (Å²) in [4.78, 5) is 1.16. The molecule has 1 aliphatic carbocycles. The van der Waals surface area contributed by atoms with Crippen molar-refractivity contribution < 1.29 is 9.13 Å². The minimum atomic E-state index is -0.223. The van der Waals surface area contributed by atoms with Gasteiger partial charge in [-0.2, -0.15) is 0 Å². The second-order valence-electron chi connectivity index (χ2n) is 4.11. The molecule has 96 valence electrons. The van der Waals surface area contributed by atoms with Gasteiger partial charge in [-0.15, -0.1) is 0 Å². The maximum Gasteiger partial charge on any atom is 0.123 e. The van der Waals surface area contributed by atoms with E-state index in [1.165, 1.54) is 23.1 Å². The highest BCUT2D eigenvalue weighted by Crippen LogP contribution is 2.29. The summed E-state index contributed by atoms with van der Waals surface area (Å²) >= 11 is 0. The van der Waals surface area contributed by atoms with Crippen molar-refractivity contribution in [3.63, 3.8) is 0 Å². The summed E-state index contributed by atoms with van der Waals surface area (Å²) in [5.41, 5.74) is 0.970. The number of rotatable bonds is 4. The van der Waals surface area contributed by atoms with Gasteiger partial charge in [0.05, 0.1) is 5.76 Å². The van der Waals surface area contributed by atoms with Crippen LogP contribution in [0.4, 0.5) is 4.39 Å². The second-order valence-corrected chi connectivity index (χ2v) is 5.25. The van der Waals surface area contributed by atoms with Crippen molar-refractivity contribution in [3.8, 4) is 0 Å². The predicted molar refractivity (Wildman–Crippen MR) is 74.7 cm³/mol. The van der Waals surface area contributed by atoms with Crippen molar-refractivity contribution in [2.75, 3.05) is 0 Å². The maximum absolute atomic E-state index is 12.7. The van der Waals surface area contributed by atoms with Gasteiger partial charge in [-0.1, -0.05) is 12.1 Å². The highest BCUT2D eigenvalue weighted by molar-refractivity contribution is 8.24. The first-order chi connectivity index (χ1) is 8.78. The molecule has 0 aliphatic heterocycles. The van der Waals surface area contributed by atoms with Crippen molar-refractivity contribution in [2.45, 2.75) is 25.9 Å². The zero-order valence-electron chi connectivity index (χ0n) is 9.86. The number of hydrogen-bond donors (Lipinski definition) is 0. The van der Waals surface area contributed by atoms with Gasteiger partial charge >= 0.3 is 0 Å². The van der Waals surface area contributed by atoms with Crippen LogP contribution in [-0.4, -0.2) is 0 Å². The molecule has 2 rings (SSSR count). The number of ether oxygens (including phenoxy) is 1. The van der Waals surface area contributed by atoms with Crippen molar-refractivity contribution >= 4 is 21.7 Å². The zero-order chi connectivity index (χ0) is 12.8. The number of benzene rings is 1. The molecule has 0 unspecified atom stereocenters. The van der Waals surface area contributed by atoms with Gasteiger partial charge in [-0.3, -0.25) is 0 Å². The summed E-state index contributed by atoms with van der Waals surface area (Å²) in [5, 5.41) is 0. The molecule has 0 saturated heterocycles. The Balaban J connectivity index is 1.91. The lowest BCUT2D eigenvalue weighted by Crippen LogP contribution is -1.93. The number of allylic oxidation sites excluding steroid dienone is 4. The summed E-state index contributed by atoms with van der Waals surface area (Å²) in [7, 11) is 7.00. The smallest absolute Gasteiger partial charge is 0.123 e. The van der Waals surface area contributed by atoms with Crippen LogP contribution in [0.25, 0.3) is 0 Å². The van der Waals surface area contributed by atoms with Crippen LogP contribution < -0.4 is 0 Å². The highest BCUT2D eigenvalue weighted by atomic mass is 35.7. The standard InChI is InChI=1S/C14H14ClFOS/c15-18-14-3-1-2-13(8-9-14)17-10-11-4-6-12(16)7-5-11/h4-9H,1-3,10H2. The fourth-order valence-electron chi connectivity index (χ4n) is 1.73. The SMILES string of the molecule is Fc1ccc(COC2=CC=C(SCl)CCC2)cc1.